The van der Waals surface area contributed by atoms with Crippen molar-refractivity contribution in [2.24, 2.45) is 4.99 Å². The average Bonchev–Trinajstić information content (AvgIpc) is 3.10. The van der Waals surface area contributed by atoms with Crippen molar-refractivity contribution >= 4 is 38.3 Å². The molecule has 1 heterocycles. The van der Waals surface area contributed by atoms with E-state index in [-0.39, 0.29) is 0 Å². The van der Waals surface area contributed by atoms with E-state index in [0.717, 1.165) is 46.8 Å². The molecule has 160 valence electrons. The summed E-state index contributed by atoms with van der Waals surface area (Å²) >= 11 is 6.12. The van der Waals surface area contributed by atoms with Gasteiger partial charge in [0.25, 0.3) is 0 Å². The molecule has 3 N–H and O–H groups in total. The van der Waals surface area contributed by atoms with Crippen LogP contribution >= 0.6 is 11.6 Å². The summed E-state index contributed by atoms with van der Waals surface area (Å²) < 4.78 is 23.1. The van der Waals surface area contributed by atoms with E-state index in [4.69, 9.17) is 11.6 Å². The lowest BCUT2D eigenvalue weighted by Gasteiger charge is -2.11. The summed E-state index contributed by atoms with van der Waals surface area (Å²) in [5, 5.41) is 8.45. The summed E-state index contributed by atoms with van der Waals surface area (Å²) in [6, 6.07) is 12.8. The second-order valence-corrected chi connectivity index (χ2v) is 9.56. The van der Waals surface area contributed by atoms with Crippen LogP contribution in [0.2, 0.25) is 5.02 Å². The van der Waals surface area contributed by atoms with Crippen molar-refractivity contribution in [1.29, 1.82) is 0 Å². The number of benzene rings is 2. The molecule has 0 atom stereocenters. The van der Waals surface area contributed by atoms with Gasteiger partial charge in [0.05, 0.1) is 4.90 Å². The third-order valence-electron chi connectivity index (χ3n) is 4.78. The fourth-order valence-electron chi connectivity index (χ4n) is 3.22. The molecule has 6 nitrogen and oxygen atoms in total. The number of H-pyrrole nitrogens is 1. The molecule has 1 aromatic heterocycles. The molecule has 0 aliphatic heterocycles. The van der Waals surface area contributed by atoms with Crippen LogP contribution in [0.15, 0.2) is 58.5 Å². The number of nitrogens with zero attached hydrogens (tertiary/aromatic N) is 1. The number of aromatic amines is 1. The van der Waals surface area contributed by atoms with Crippen molar-refractivity contribution < 1.29 is 8.42 Å². The number of halogens is 1. The molecule has 0 aliphatic rings. The highest BCUT2D eigenvalue weighted by Crippen LogP contribution is 2.22. The van der Waals surface area contributed by atoms with Gasteiger partial charge in [0, 0.05) is 48.0 Å². The van der Waals surface area contributed by atoms with Crippen molar-refractivity contribution in [1.82, 2.24) is 15.6 Å². The van der Waals surface area contributed by atoms with Gasteiger partial charge in [0.1, 0.15) is 0 Å². The van der Waals surface area contributed by atoms with Gasteiger partial charge >= 0.3 is 0 Å². The van der Waals surface area contributed by atoms with Gasteiger partial charge < -0.3 is 15.6 Å². The van der Waals surface area contributed by atoms with Gasteiger partial charge in [0.2, 0.25) is 0 Å². The summed E-state index contributed by atoms with van der Waals surface area (Å²) in [4.78, 5) is 8.27. The molecule has 0 aliphatic carbocycles. The Kier molecular flexibility index (Phi) is 7.39. The zero-order valence-corrected chi connectivity index (χ0v) is 18.8. The molecule has 8 heteroatoms. The maximum Gasteiger partial charge on any atom is 0.191 e. The topological polar surface area (TPSA) is 86.3 Å². The lowest BCUT2D eigenvalue weighted by molar-refractivity contribution is 0.602. The van der Waals surface area contributed by atoms with E-state index in [9.17, 15) is 8.42 Å². The molecule has 0 saturated carbocycles. The molecular formula is C22H27ClN4O2S. The molecule has 3 aromatic rings. The van der Waals surface area contributed by atoms with Crippen molar-refractivity contribution in [3.8, 4) is 0 Å². The normalized spacial score (nSPS) is 12.3. The lowest BCUT2D eigenvalue weighted by Crippen LogP contribution is -2.38. The molecule has 3 rings (SSSR count). The molecule has 0 bridgehead atoms. The van der Waals surface area contributed by atoms with Crippen molar-refractivity contribution in [2.45, 2.75) is 24.7 Å². The summed E-state index contributed by atoms with van der Waals surface area (Å²) in [7, 11) is -3.16. The van der Waals surface area contributed by atoms with Gasteiger partial charge in [-0.15, -0.1) is 0 Å². The van der Waals surface area contributed by atoms with Crippen LogP contribution < -0.4 is 10.6 Å². The predicted octanol–water partition coefficient (Wildman–Crippen LogP) is 3.57. The molecule has 0 fully saturated rings. The van der Waals surface area contributed by atoms with E-state index in [1.54, 1.807) is 12.1 Å². The van der Waals surface area contributed by atoms with E-state index >= 15 is 0 Å². The molecule has 0 unspecified atom stereocenters. The number of nitrogens with one attached hydrogen (secondary N) is 3. The van der Waals surface area contributed by atoms with E-state index in [0.29, 0.717) is 18.0 Å². The summed E-state index contributed by atoms with van der Waals surface area (Å²) in [6.45, 7) is 4.16. The number of rotatable bonds is 8. The third-order valence-corrected chi connectivity index (χ3v) is 6.15. The second-order valence-electron chi connectivity index (χ2n) is 7.11. The van der Waals surface area contributed by atoms with Gasteiger partial charge in [-0.05, 0) is 61.2 Å². The predicted molar refractivity (Wildman–Crippen MR) is 124 cm³/mol. The van der Waals surface area contributed by atoms with Gasteiger partial charge in [-0.3, -0.25) is 4.99 Å². The van der Waals surface area contributed by atoms with Gasteiger partial charge in [-0.2, -0.15) is 0 Å². The first kappa shape index (κ1) is 22.2. The fourth-order valence-corrected chi connectivity index (χ4v) is 4.02. The van der Waals surface area contributed by atoms with Crippen LogP contribution in [0.5, 0.6) is 0 Å². The smallest absolute Gasteiger partial charge is 0.191 e. The molecule has 0 amide bonds. The van der Waals surface area contributed by atoms with Crippen molar-refractivity contribution in [3.63, 3.8) is 0 Å². The van der Waals surface area contributed by atoms with Crippen LogP contribution in [0, 0.1) is 0 Å². The number of hydrogen-bond acceptors (Lipinski definition) is 3. The highest BCUT2D eigenvalue weighted by Gasteiger charge is 2.07. The Hall–Kier alpha value is -2.51. The van der Waals surface area contributed by atoms with Gasteiger partial charge in [-0.25, -0.2) is 8.42 Å². The van der Waals surface area contributed by atoms with E-state index in [1.165, 1.54) is 11.8 Å². The standard InChI is InChI=1S/C22H27ClN4O2S/c1-3-24-22(25-12-10-16-4-7-19(8-5-16)30(2,28)29)26-13-11-17-15-27-21-9-6-18(23)14-20(17)21/h4-9,14-15,27H,3,10-13H2,1-2H3,(H2,24,25,26). The van der Waals surface area contributed by atoms with Crippen LogP contribution in [-0.4, -0.2) is 45.3 Å². The highest BCUT2D eigenvalue weighted by atomic mass is 35.5. The summed E-state index contributed by atoms with van der Waals surface area (Å²) in [5.41, 5.74) is 3.34. The Morgan fingerprint density at radius 1 is 1.10 bits per heavy atom. The van der Waals surface area contributed by atoms with Crippen LogP contribution in [0.4, 0.5) is 0 Å². The van der Waals surface area contributed by atoms with E-state index < -0.39 is 9.84 Å². The monoisotopic (exact) mass is 446 g/mol. The second kappa shape index (κ2) is 10.00. The fraction of sp³-hybridized carbons (Fsp3) is 0.318. The van der Waals surface area contributed by atoms with E-state index in [2.05, 4.69) is 20.6 Å². The quantitative estimate of drug-likeness (QED) is 0.364. The zero-order valence-electron chi connectivity index (χ0n) is 17.2. The average molecular weight is 447 g/mol. The lowest BCUT2D eigenvalue weighted by atomic mass is 10.1. The van der Waals surface area contributed by atoms with Crippen LogP contribution in [0.25, 0.3) is 10.9 Å². The van der Waals surface area contributed by atoms with Crippen LogP contribution in [-0.2, 0) is 22.7 Å². The van der Waals surface area contributed by atoms with Gasteiger partial charge in [0.15, 0.2) is 15.8 Å². The third kappa shape index (κ3) is 6.00. The highest BCUT2D eigenvalue weighted by molar-refractivity contribution is 7.90. The van der Waals surface area contributed by atoms with Gasteiger partial charge in [-0.1, -0.05) is 23.7 Å². The minimum atomic E-state index is -3.16. The SMILES string of the molecule is CCNC(=NCCc1c[nH]c2ccc(Cl)cc12)NCCc1ccc(S(C)(=O)=O)cc1. The Bertz CT molecular complexity index is 1120. The Morgan fingerprint density at radius 3 is 2.57 bits per heavy atom. The number of aliphatic imine (C=N–C) groups is 1. The van der Waals surface area contributed by atoms with E-state index in [1.807, 2.05) is 43.5 Å². The van der Waals surface area contributed by atoms with Crippen LogP contribution in [0.3, 0.4) is 0 Å². The van der Waals surface area contributed by atoms with Crippen LogP contribution in [0.1, 0.15) is 18.1 Å². The number of aromatic nitrogens is 1. The number of sulfone groups is 1. The number of hydrogen-bond donors (Lipinski definition) is 3. The van der Waals surface area contributed by atoms with Crippen molar-refractivity contribution in [3.05, 3.63) is 64.8 Å². The number of fused-ring (bicyclic) bond motifs is 1. The molecule has 0 saturated heterocycles. The first-order valence-corrected chi connectivity index (χ1v) is 12.2. The zero-order chi connectivity index (χ0) is 21.6. The molecule has 2 aromatic carbocycles. The first-order valence-electron chi connectivity index (χ1n) is 9.93. The summed E-state index contributed by atoms with van der Waals surface area (Å²) in [6.07, 6.45) is 4.81. The number of guanidine groups is 1. The first-order chi connectivity index (χ1) is 14.4. The molecule has 0 radical (unpaired) electrons. The Balaban J connectivity index is 1.54. The maximum absolute atomic E-state index is 11.5. The summed E-state index contributed by atoms with van der Waals surface area (Å²) in [5.74, 6) is 0.767. The molecular weight excluding hydrogens is 420 g/mol. The Labute approximate surface area is 182 Å². The Morgan fingerprint density at radius 2 is 1.87 bits per heavy atom. The van der Waals surface area contributed by atoms with Crippen molar-refractivity contribution in [2.75, 3.05) is 25.9 Å². The largest absolute Gasteiger partial charge is 0.361 e. The molecule has 30 heavy (non-hydrogen) atoms. The minimum absolute atomic E-state index is 0.340. The maximum atomic E-state index is 11.5. The molecule has 0 spiro atoms. The minimum Gasteiger partial charge on any atom is -0.361 e.